The number of rotatable bonds is 4. The van der Waals surface area contributed by atoms with Crippen molar-refractivity contribution in [3.05, 3.63) is 34.1 Å². The lowest BCUT2D eigenvalue weighted by molar-refractivity contribution is 0.0950. The smallest absolute Gasteiger partial charge is 0.252 e. The normalized spacial score (nSPS) is 18.9. The Hall–Kier alpha value is -0.940. The molecule has 0 aromatic heterocycles. The largest absolute Gasteiger partial charge is 0.352 e. The second-order valence-corrected chi connectivity index (χ2v) is 5.30. The molecule has 1 aliphatic heterocycles. The van der Waals surface area contributed by atoms with E-state index in [4.69, 9.17) is 0 Å². The summed E-state index contributed by atoms with van der Waals surface area (Å²) in [5.74, 6) is -0.00350. The molecule has 3 nitrogen and oxygen atoms in total. The molecule has 1 aliphatic rings. The van der Waals surface area contributed by atoms with Gasteiger partial charge in [-0.05, 0) is 59.9 Å². The lowest BCUT2D eigenvalue weighted by Gasteiger charge is -2.10. The summed E-state index contributed by atoms with van der Waals surface area (Å²) < 4.78 is 13.5. The van der Waals surface area contributed by atoms with Gasteiger partial charge in [-0.2, -0.15) is 0 Å². The van der Waals surface area contributed by atoms with E-state index in [9.17, 15) is 9.18 Å². The highest BCUT2D eigenvalue weighted by atomic mass is 79.9. The van der Waals surface area contributed by atoms with Gasteiger partial charge in [0.15, 0.2) is 0 Å². The predicted molar refractivity (Wildman–Crippen MR) is 72.0 cm³/mol. The summed E-state index contributed by atoms with van der Waals surface area (Å²) in [6.07, 6.45) is 2.13. The first-order valence-electron chi connectivity index (χ1n) is 6.11. The van der Waals surface area contributed by atoms with Crippen LogP contribution in [0.1, 0.15) is 23.2 Å². The molecule has 5 heteroatoms. The molecule has 1 atom stereocenters. The van der Waals surface area contributed by atoms with E-state index in [1.54, 1.807) is 6.07 Å². The zero-order valence-corrected chi connectivity index (χ0v) is 11.6. The Morgan fingerprint density at radius 1 is 1.56 bits per heavy atom. The average molecular weight is 315 g/mol. The van der Waals surface area contributed by atoms with Crippen LogP contribution in [-0.2, 0) is 0 Å². The summed E-state index contributed by atoms with van der Waals surface area (Å²) in [5.41, 5.74) is 0.347. The highest BCUT2D eigenvalue weighted by Gasteiger charge is 2.16. The summed E-state index contributed by atoms with van der Waals surface area (Å²) in [6.45, 7) is 2.72. The monoisotopic (exact) mass is 314 g/mol. The van der Waals surface area contributed by atoms with Crippen LogP contribution in [0, 0.1) is 11.7 Å². The average Bonchev–Trinajstić information content (AvgIpc) is 2.85. The highest BCUT2D eigenvalue weighted by Crippen LogP contribution is 2.20. The molecule has 0 spiro atoms. The van der Waals surface area contributed by atoms with E-state index in [-0.39, 0.29) is 10.4 Å². The van der Waals surface area contributed by atoms with Gasteiger partial charge in [-0.25, -0.2) is 4.39 Å². The molecular formula is C13H16BrFN2O. The van der Waals surface area contributed by atoms with Crippen LogP contribution in [0.15, 0.2) is 22.7 Å². The van der Waals surface area contributed by atoms with Crippen molar-refractivity contribution in [2.24, 2.45) is 5.92 Å². The third-order valence-electron chi connectivity index (χ3n) is 3.20. The van der Waals surface area contributed by atoms with Crippen molar-refractivity contribution in [1.29, 1.82) is 0 Å². The first-order valence-corrected chi connectivity index (χ1v) is 6.90. The quantitative estimate of drug-likeness (QED) is 0.895. The van der Waals surface area contributed by atoms with Gasteiger partial charge in [-0.15, -0.1) is 0 Å². The number of halogens is 2. The van der Waals surface area contributed by atoms with Crippen molar-refractivity contribution in [3.63, 3.8) is 0 Å². The van der Waals surface area contributed by atoms with Gasteiger partial charge in [0.05, 0.1) is 10.0 Å². The second kappa shape index (κ2) is 6.29. The van der Waals surface area contributed by atoms with E-state index in [0.29, 0.717) is 18.0 Å². The third kappa shape index (κ3) is 3.29. The molecule has 0 saturated carbocycles. The molecule has 2 N–H and O–H groups in total. The fourth-order valence-corrected chi connectivity index (χ4v) is 2.57. The molecule has 0 radical (unpaired) electrons. The number of amides is 1. The minimum Gasteiger partial charge on any atom is -0.352 e. The Balaban J connectivity index is 1.85. The van der Waals surface area contributed by atoms with Gasteiger partial charge >= 0.3 is 0 Å². The molecule has 1 aromatic carbocycles. The SMILES string of the molecule is O=C(NCCC1CCNC1)c1cccc(F)c1Br. The molecular weight excluding hydrogens is 299 g/mol. The Labute approximate surface area is 114 Å². The van der Waals surface area contributed by atoms with Crippen LogP contribution in [0.2, 0.25) is 0 Å². The lowest BCUT2D eigenvalue weighted by Crippen LogP contribution is -2.26. The summed E-state index contributed by atoms with van der Waals surface area (Å²) in [6, 6.07) is 4.47. The van der Waals surface area contributed by atoms with E-state index in [1.165, 1.54) is 18.6 Å². The van der Waals surface area contributed by atoms with Crippen LogP contribution < -0.4 is 10.6 Å². The van der Waals surface area contributed by atoms with Gasteiger partial charge in [-0.1, -0.05) is 6.07 Å². The van der Waals surface area contributed by atoms with Crippen LogP contribution >= 0.6 is 15.9 Å². The third-order valence-corrected chi connectivity index (χ3v) is 4.00. The van der Waals surface area contributed by atoms with Crippen LogP contribution in [0.4, 0.5) is 4.39 Å². The van der Waals surface area contributed by atoms with Crippen molar-refractivity contribution >= 4 is 21.8 Å². The number of carbonyl (C=O) groups excluding carboxylic acids is 1. The van der Waals surface area contributed by atoms with Gasteiger partial charge in [0.1, 0.15) is 5.82 Å². The number of hydrogen-bond acceptors (Lipinski definition) is 2. The van der Waals surface area contributed by atoms with Gasteiger partial charge in [0, 0.05) is 6.54 Å². The summed E-state index contributed by atoms with van der Waals surface area (Å²) >= 11 is 3.09. The Kier molecular flexibility index (Phi) is 4.72. The van der Waals surface area contributed by atoms with E-state index >= 15 is 0 Å². The van der Waals surface area contributed by atoms with Crippen LogP contribution in [-0.4, -0.2) is 25.5 Å². The van der Waals surface area contributed by atoms with E-state index in [2.05, 4.69) is 26.6 Å². The first kappa shape index (κ1) is 13.5. The fourth-order valence-electron chi connectivity index (χ4n) is 2.13. The zero-order chi connectivity index (χ0) is 13.0. The topological polar surface area (TPSA) is 41.1 Å². The van der Waals surface area contributed by atoms with Crippen molar-refractivity contribution < 1.29 is 9.18 Å². The highest BCUT2D eigenvalue weighted by molar-refractivity contribution is 9.10. The molecule has 1 saturated heterocycles. The van der Waals surface area contributed by atoms with Crippen LogP contribution in [0.3, 0.4) is 0 Å². The standard InChI is InChI=1S/C13H16BrFN2O/c14-12-10(2-1-3-11(12)15)13(18)17-7-5-9-4-6-16-8-9/h1-3,9,16H,4-8H2,(H,17,18). The molecule has 1 unspecified atom stereocenters. The fraction of sp³-hybridized carbons (Fsp3) is 0.462. The van der Waals surface area contributed by atoms with Gasteiger partial charge in [0.2, 0.25) is 0 Å². The number of nitrogens with one attached hydrogen (secondary N) is 2. The minimum absolute atomic E-state index is 0.227. The maximum Gasteiger partial charge on any atom is 0.252 e. The molecule has 18 heavy (non-hydrogen) atoms. The molecule has 1 amide bonds. The Morgan fingerprint density at radius 3 is 3.11 bits per heavy atom. The summed E-state index contributed by atoms with van der Waals surface area (Å²) in [5, 5.41) is 6.12. The van der Waals surface area contributed by atoms with Crippen molar-refractivity contribution in [2.75, 3.05) is 19.6 Å². The minimum atomic E-state index is -0.414. The molecule has 1 fully saturated rings. The van der Waals surface area contributed by atoms with Crippen LogP contribution in [0.5, 0.6) is 0 Å². The van der Waals surface area contributed by atoms with E-state index in [1.807, 2.05) is 0 Å². The molecule has 1 heterocycles. The molecule has 0 aliphatic carbocycles. The Bertz CT molecular complexity index is 433. The molecule has 1 aromatic rings. The zero-order valence-electron chi connectivity index (χ0n) is 10.0. The number of carbonyl (C=O) groups is 1. The summed E-state index contributed by atoms with van der Waals surface area (Å²) in [4.78, 5) is 11.9. The van der Waals surface area contributed by atoms with Gasteiger partial charge < -0.3 is 10.6 Å². The Morgan fingerprint density at radius 2 is 2.39 bits per heavy atom. The lowest BCUT2D eigenvalue weighted by atomic mass is 10.1. The number of benzene rings is 1. The van der Waals surface area contributed by atoms with Gasteiger partial charge in [0.25, 0.3) is 5.91 Å². The van der Waals surface area contributed by atoms with Gasteiger partial charge in [-0.3, -0.25) is 4.79 Å². The van der Waals surface area contributed by atoms with E-state index < -0.39 is 5.82 Å². The maximum absolute atomic E-state index is 13.3. The van der Waals surface area contributed by atoms with Crippen molar-refractivity contribution in [3.8, 4) is 0 Å². The second-order valence-electron chi connectivity index (χ2n) is 4.50. The van der Waals surface area contributed by atoms with E-state index in [0.717, 1.165) is 19.5 Å². The molecule has 2 rings (SSSR count). The van der Waals surface area contributed by atoms with Crippen molar-refractivity contribution in [1.82, 2.24) is 10.6 Å². The number of hydrogen-bond donors (Lipinski definition) is 2. The van der Waals surface area contributed by atoms with Crippen molar-refractivity contribution in [2.45, 2.75) is 12.8 Å². The molecule has 98 valence electrons. The van der Waals surface area contributed by atoms with Crippen LogP contribution in [0.25, 0.3) is 0 Å². The predicted octanol–water partition coefficient (Wildman–Crippen LogP) is 2.32. The maximum atomic E-state index is 13.3. The summed E-state index contributed by atoms with van der Waals surface area (Å²) in [7, 11) is 0. The first-order chi connectivity index (χ1) is 8.68. The molecule has 0 bridgehead atoms.